The summed E-state index contributed by atoms with van der Waals surface area (Å²) in [7, 11) is 0. The van der Waals surface area contributed by atoms with Gasteiger partial charge in [-0.1, -0.05) is 6.07 Å². The number of benzene rings is 1. The second kappa shape index (κ2) is 8.17. The van der Waals surface area contributed by atoms with Gasteiger partial charge in [-0.05, 0) is 36.1 Å². The number of esters is 1. The standard InChI is InChI=1S/C25H21F2N3O6/c26-23(27)10-3-4-15-19-11(10)6-16(28-18(32)2-1-5-31)20(19)13-8-30-17(21(13)29-15)7-12-14(24(30)34)9-36-25(35)22(12)33/h3-4,7,16,22-23,31,33H,1-2,5-6,8-9H2,(H,28,32). The Hall–Kier alpha value is -3.70. The number of alkyl halides is 2. The SMILES string of the molecule is O=C(CCCO)NC1Cc2c(C(F)F)ccc3nc4c(c1c23)Cn1c-4cc2c(c1=O)COC(=O)C2O. The number of aliphatic hydroxyl groups excluding tert-OH is 2. The van der Waals surface area contributed by atoms with Crippen molar-refractivity contribution in [2.45, 2.75) is 51.0 Å². The van der Waals surface area contributed by atoms with E-state index in [1.54, 1.807) is 6.07 Å². The van der Waals surface area contributed by atoms with Gasteiger partial charge in [0.2, 0.25) is 5.91 Å². The number of cyclic esters (lactones) is 1. The molecule has 9 nitrogen and oxygen atoms in total. The van der Waals surface area contributed by atoms with Crippen LogP contribution in [0.1, 0.15) is 64.8 Å². The van der Waals surface area contributed by atoms with Crippen molar-refractivity contribution in [2.75, 3.05) is 6.61 Å². The van der Waals surface area contributed by atoms with Gasteiger partial charge >= 0.3 is 5.97 Å². The molecule has 2 unspecified atom stereocenters. The van der Waals surface area contributed by atoms with Crippen LogP contribution < -0.4 is 10.9 Å². The molecule has 0 saturated heterocycles. The molecule has 0 saturated carbocycles. The van der Waals surface area contributed by atoms with Crippen molar-refractivity contribution in [1.82, 2.24) is 14.9 Å². The summed E-state index contributed by atoms with van der Waals surface area (Å²) in [6, 6.07) is 3.78. The summed E-state index contributed by atoms with van der Waals surface area (Å²) in [5.41, 5.74) is 2.75. The molecule has 1 aliphatic carbocycles. The molecule has 0 bridgehead atoms. The molecule has 1 amide bonds. The fourth-order valence-corrected chi connectivity index (χ4v) is 5.59. The highest BCUT2D eigenvalue weighted by molar-refractivity contribution is 5.95. The first-order valence-corrected chi connectivity index (χ1v) is 11.6. The third kappa shape index (κ3) is 3.19. The van der Waals surface area contributed by atoms with Gasteiger partial charge in [0.05, 0.1) is 35.1 Å². The van der Waals surface area contributed by atoms with Gasteiger partial charge in [0.1, 0.15) is 6.61 Å². The highest BCUT2D eigenvalue weighted by atomic mass is 19.3. The molecule has 186 valence electrons. The Kier molecular flexibility index (Phi) is 5.16. The lowest BCUT2D eigenvalue weighted by molar-refractivity contribution is -0.157. The number of aromatic nitrogens is 2. The number of carbonyl (C=O) groups is 2. The number of ether oxygens (including phenoxy) is 1. The normalized spacial score (nSPS) is 19.3. The predicted octanol–water partition coefficient (Wildman–Crippen LogP) is 1.94. The second-order valence-corrected chi connectivity index (χ2v) is 9.20. The van der Waals surface area contributed by atoms with E-state index in [0.717, 1.165) is 0 Å². The van der Waals surface area contributed by atoms with Crippen molar-refractivity contribution in [3.05, 3.63) is 61.9 Å². The highest BCUT2D eigenvalue weighted by Gasteiger charge is 2.39. The minimum Gasteiger partial charge on any atom is -0.458 e. The molecule has 36 heavy (non-hydrogen) atoms. The van der Waals surface area contributed by atoms with Crippen molar-refractivity contribution in [1.29, 1.82) is 0 Å². The van der Waals surface area contributed by atoms with E-state index >= 15 is 0 Å². The Morgan fingerprint density at radius 2 is 2.06 bits per heavy atom. The van der Waals surface area contributed by atoms with Crippen LogP contribution in [-0.2, 0) is 33.9 Å². The number of nitrogens with one attached hydrogen (secondary N) is 1. The smallest absolute Gasteiger partial charge is 0.340 e. The van der Waals surface area contributed by atoms with Crippen molar-refractivity contribution in [2.24, 2.45) is 0 Å². The summed E-state index contributed by atoms with van der Waals surface area (Å²) >= 11 is 0. The Morgan fingerprint density at radius 3 is 2.81 bits per heavy atom. The average molecular weight is 497 g/mol. The molecule has 0 spiro atoms. The van der Waals surface area contributed by atoms with E-state index in [1.807, 2.05) is 0 Å². The topological polar surface area (TPSA) is 131 Å². The number of aliphatic hydroxyl groups is 2. The molecule has 3 aromatic rings. The summed E-state index contributed by atoms with van der Waals surface area (Å²) in [4.78, 5) is 42.4. The molecule has 2 aromatic heterocycles. The van der Waals surface area contributed by atoms with Crippen molar-refractivity contribution in [3.8, 4) is 11.4 Å². The van der Waals surface area contributed by atoms with E-state index in [4.69, 9.17) is 14.8 Å². The van der Waals surface area contributed by atoms with Gasteiger partial charge < -0.3 is 24.8 Å². The molecule has 1 aromatic carbocycles. The number of pyridine rings is 2. The second-order valence-electron chi connectivity index (χ2n) is 9.20. The first-order chi connectivity index (χ1) is 17.3. The fourth-order valence-electron chi connectivity index (χ4n) is 5.59. The largest absolute Gasteiger partial charge is 0.458 e. The van der Waals surface area contributed by atoms with E-state index in [-0.39, 0.29) is 61.6 Å². The van der Waals surface area contributed by atoms with Gasteiger partial charge in [0, 0.05) is 35.1 Å². The van der Waals surface area contributed by atoms with Crippen LogP contribution in [0.3, 0.4) is 0 Å². The van der Waals surface area contributed by atoms with Crippen LogP contribution in [0.4, 0.5) is 8.78 Å². The van der Waals surface area contributed by atoms with E-state index in [1.165, 1.54) is 16.7 Å². The van der Waals surface area contributed by atoms with Crippen LogP contribution in [0.25, 0.3) is 22.3 Å². The van der Waals surface area contributed by atoms with Crippen LogP contribution in [0.5, 0.6) is 0 Å². The first kappa shape index (κ1) is 22.7. The van der Waals surface area contributed by atoms with Crippen LogP contribution in [-0.4, -0.2) is 38.2 Å². The zero-order chi connectivity index (χ0) is 25.3. The lowest BCUT2D eigenvalue weighted by Gasteiger charge is -2.21. The van der Waals surface area contributed by atoms with Crippen LogP contribution in [0.2, 0.25) is 0 Å². The minimum absolute atomic E-state index is 0.0831. The molecule has 3 aliphatic rings. The van der Waals surface area contributed by atoms with Gasteiger partial charge in [-0.25, -0.2) is 18.6 Å². The highest BCUT2D eigenvalue weighted by Crippen LogP contribution is 2.47. The van der Waals surface area contributed by atoms with Crippen LogP contribution in [0.15, 0.2) is 23.0 Å². The van der Waals surface area contributed by atoms with Crippen LogP contribution in [0, 0.1) is 0 Å². The van der Waals surface area contributed by atoms with Gasteiger partial charge in [-0.3, -0.25) is 9.59 Å². The Bertz CT molecular complexity index is 1530. The average Bonchev–Trinajstić information content (AvgIpc) is 3.40. The monoisotopic (exact) mass is 497 g/mol. The quantitative estimate of drug-likeness (QED) is 0.359. The number of nitrogens with zero attached hydrogens (tertiary/aromatic N) is 2. The number of hydrogen-bond acceptors (Lipinski definition) is 7. The van der Waals surface area contributed by atoms with Crippen molar-refractivity contribution < 1.29 is 33.3 Å². The molecule has 6 rings (SSSR count). The molecule has 4 heterocycles. The Balaban J connectivity index is 1.56. The summed E-state index contributed by atoms with van der Waals surface area (Å²) in [5.74, 6) is -1.16. The van der Waals surface area contributed by atoms with Gasteiger partial charge in [-0.2, -0.15) is 0 Å². The molecule has 2 aliphatic heterocycles. The van der Waals surface area contributed by atoms with Gasteiger partial charge in [-0.15, -0.1) is 0 Å². The lowest BCUT2D eigenvalue weighted by atomic mass is 9.97. The molecular formula is C25H21F2N3O6. The summed E-state index contributed by atoms with van der Waals surface area (Å²) < 4.78 is 34.1. The number of carbonyl (C=O) groups excluding carboxylic acids is 2. The Labute approximate surface area is 202 Å². The van der Waals surface area contributed by atoms with Crippen LogP contribution >= 0.6 is 0 Å². The molecule has 11 heteroatoms. The zero-order valence-electron chi connectivity index (χ0n) is 18.9. The van der Waals surface area contributed by atoms with Crippen molar-refractivity contribution in [3.63, 3.8) is 0 Å². The third-order valence-electron chi connectivity index (χ3n) is 7.20. The molecule has 0 fully saturated rings. The van der Waals surface area contributed by atoms with Gasteiger partial charge in [0.25, 0.3) is 12.0 Å². The predicted molar refractivity (Wildman–Crippen MR) is 121 cm³/mol. The maximum atomic E-state index is 13.9. The summed E-state index contributed by atoms with van der Waals surface area (Å²) in [6.07, 6.45) is -3.80. The fraction of sp³-hybridized carbons (Fsp3) is 0.360. The van der Waals surface area contributed by atoms with E-state index in [0.29, 0.717) is 39.0 Å². The number of halogens is 2. The minimum atomic E-state index is -2.71. The zero-order valence-corrected chi connectivity index (χ0v) is 18.9. The lowest BCUT2D eigenvalue weighted by Crippen LogP contribution is -2.32. The maximum absolute atomic E-state index is 13.9. The van der Waals surface area contributed by atoms with Crippen molar-refractivity contribution >= 4 is 22.8 Å². The maximum Gasteiger partial charge on any atom is 0.340 e. The number of hydrogen-bond donors (Lipinski definition) is 3. The number of fused-ring (bicyclic) bond motifs is 5. The first-order valence-electron chi connectivity index (χ1n) is 11.6. The van der Waals surface area contributed by atoms with E-state index in [2.05, 4.69) is 5.32 Å². The van der Waals surface area contributed by atoms with Gasteiger partial charge in [0.15, 0.2) is 6.10 Å². The third-order valence-corrected chi connectivity index (χ3v) is 7.20. The molecular weight excluding hydrogens is 476 g/mol. The summed E-state index contributed by atoms with van der Waals surface area (Å²) in [6.45, 7) is -0.307. The summed E-state index contributed by atoms with van der Waals surface area (Å²) in [5, 5.41) is 22.9. The molecule has 0 radical (unpaired) electrons. The van der Waals surface area contributed by atoms with E-state index < -0.39 is 30.1 Å². The van der Waals surface area contributed by atoms with E-state index in [9.17, 15) is 28.3 Å². The molecule has 3 N–H and O–H groups in total. The number of rotatable bonds is 5. The molecule has 2 atom stereocenters. The number of amides is 1. The Morgan fingerprint density at radius 1 is 1.25 bits per heavy atom.